The van der Waals surface area contributed by atoms with Gasteiger partial charge in [0.15, 0.2) is 11.5 Å². The zero-order valence-corrected chi connectivity index (χ0v) is 17.7. The molecule has 2 amide bonds. The first-order valence-corrected chi connectivity index (χ1v) is 9.81. The van der Waals surface area contributed by atoms with Gasteiger partial charge in [-0.1, -0.05) is 29.3 Å². The highest BCUT2D eigenvalue weighted by molar-refractivity contribution is 6.41. The molecule has 0 spiro atoms. The van der Waals surface area contributed by atoms with Crippen LogP contribution < -0.4 is 14.8 Å². The second-order valence-corrected chi connectivity index (χ2v) is 7.04. The van der Waals surface area contributed by atoms with Crippen molar-refractivity contribution in [2.24, 2.45) is 0 Å². The van der Waals surface area contributed by atoms with Gasteiger partial charge in [0.2, 0.25) is 0 Å². The first kappa shape index (κ1) is 21.0. The van der Waals surface area contributed by atoms with Crippen LogP contribution in [0.15, 0.2) is 42.1 Å². The highest BCUT2D eigenvalue weighted by atomic mass is 35.5. The van der Waals surface area contributed by atoms with Crippen molar-refractivity contribution < 1.29 is 19.1 Å². The number of carbonyl (C=O) groups excluding carboxylic acids is 2. The van der Waals surface area contributed by atoms with Crippen LogP contribution in [0.3, 0.4) is 0 Å². The number of anilines is 1. The Bertz CT molecular complexity index is 1000. The highest BCUT2D eigenvalue weighted by Crippen LogP contribution is 2.36. The van der Waals surface area contributed by atoms with E-state index in [1.165, 1.54) is 13.1 Å². The first-order chi connectivity index (χ1) is 13.9. The van der Waals surface area contributed by atoms with Gasteiger partial charge in [0.05, 0.1) is 23.8 Å². The van der Waals surface area contributed by atoms with E-state index in [2.05, 4.69) is 5.32 Å². The number of nitrogens with zero attached hydrogens (tertiary/aromatic N) is 1. The number of imide groups is 1. The van der Waals surface area contributed by atoms with Crippen LogP contribution in [0, 0.1) is 0 Å². The quantitative estimate of drug-likeness (QED) is 0.644. The summed E-state index contributed by atoms with van der Waals surface area (Å²) in [4.78, 5) is 26.5. The Hall–Kier alpha value is -2.70. The number of carbonyl (C=O) groups is 2. The predicted molar refractivity (Wildman–Crippen MR) is 114 cm³/mol. The summed E-state index contributed by atoms with van der Waals surface area (Å²) in [6.07, 6.45) is 0. The van der Waals surface area contributed by atoms with E-state index in [4.69, 9.17) is 32.7 Å². The lowest BCUT2D eigenvalue weighted by molar-refractivity contribution is -0.135. The van der Waals surface area contributed by atoms with Crippen molar-refractivity contribution in [3.05, 3.63) is 57.7 Å². The molecular formula is C21H20Cl2N2O4. The maximum atomic E-state index is 12.7. The summed E-state index contributed by atoms with van der Waals surface area (Å²) in [5.74, 6) is 0.234. The maximum absolute atomic E-state index is 12.7. The normalized spacial score (nSPS) is 13.9. The van der Waals surface area contributed by atoms with Gasteiger partial charge in [-0.15, -0.1) is 0 Å². The Morgan fingerprint density at radius 2 is 1.62 bits per heavy atom. The van der Waals surface area contributed by atoms with Crippen LogP contribution in [0.5, 0.6) is 11.5 Å². The molecule has 0 saturated carbocycles. The molecule has 2 aromatic rings. The average molecular weight is 435 g/mol. The molecule has 0 bridgehead atoms. The van der Waals surface area contributed by atoms with Crippen LogP contribution in [-0.4, -0.2) is 37.0 Å². The summed E-state index contributed by atoms with van der Waals surface area (Å²) >= 11 is 12.3. The first-order valence-electron chi connectivity index (χ1n) is 9.06. The van der Waals surface area contributed by atoms with Crippen LogP contribution in [0.1, 0.15) is 19.4 Å². The van der Waals surface area contributed by atoms with E-state index in [9.17, 15) is 9.59 Å². The van der Waals surface area contributed by atoms with Crippen LogP contribution in [0.25, 0.3) is 5.57 Å². The number of nitrogens with one attached hydrogen (secondary N) is 1. The SMILES string of the molecule is CCOc1ccc(NC2=C(c3ccc(Cl)cc3Cl)C(=O)N(C)C2=O)cc1OCC. The van der Waals surface area contributed by atoms with E-state index in [0.29, 0.717) is 41.0 Å². The maximum Gasteiger partial charge on any atom is 0.277 e. The number of rotatable bonds is 7. The van der Waals surface area contributed by atoms with E-state index in [-0.39, 0.29) is 16.3 Å². The van der Waals surface area contributed by atoms with Crippen molar-refractivity contribution in [2.45, 2.75) is 13.8 Å². The number of hydrogen-bond acceptors (Lipinski definition) is 5. The fourth-order valence-electron chi connectivity index (χ4n) is 2.97. The van der Waals surface area contributed by atoms with Gasteiger partial charge in [0, 0.05) is 29.4 Å². The zero-order chi connectivity index (χ0) is 21.1. The smallest absolute Gasteiger partial charge is 0.277 e. The molecule has 0 radical (unpaired) electrons. The molecule has 1 heterocycles. The topological polar surface area (TPSA) is 67.9 Å². The minimum atomic E-state index is -0.456. The second kappa shape index (κ2) is 8.76. The molecular weight excluding hydrogens is 415 g/mol. The third kappa shape index (κ3) is 4.18. The van der Waals surface area contributed by atoms with E-state index < -0.39 is 11.8 Å². The van der Waals surface area contributed by atoms with Crippen molar-refractivity contribution in [3.8, 4) is 11.5 Å². The minimum absolute atomic E-state index is 0.133. The number of hydrogen-bond donors (Lipinski definition) is 1. The van der Waals surface area contributed by atoms with Gasteiger partial charge < -0.3 is 14.8 Å². The predicted octanol–water partition coefficient (Wildman–Crippen LogP) is 4.61. The van der Waals surface area contributed by atoms with E-state index in [1.54, 1.807) is 30.3 Å². The lowest BCUT2D eigenvalue weighted by Crippen LogP contribution is -2.27. The van der Waals surface area contributed by atoms with Crippen LogP contribution in [-0.2, 0) is 9.59 Å². The highest BCUT2D eigenvalue weighted by Gasteiger charge is 2.37. The van der Waals surface area contributed by atoms with Gasteiger partial charge >= 0.3 is 0 Å². The Morgan fingerprint density at radius 3 is 2.28 bits per heavy atom. The minimum Gasteiger partial charge on any atom is -0.490 e. The summed E-state index contributed by atoms with van der Waals surface area (Å²) in [5, 5.41) is 3.77. The molecule has 0 aliphatic carbocycles. The standard InChI is InChI=1S/C21H20Cl2N2O4/c1-4-28-16-9-7-13(11-17(16)29-5-2)24-19-18(20(26)25(3)21(19)27)14-8-6-12(22)10-15(14)23/h6-11,24H,4-5H2,1-3H3. The molecule has 2 aromatic carbocycles. The Balaban J connectivity index is 2.06. The molecule has 1 aliphatic rings. The monoisotopic (exact) mass is 434 g/mol. The number of ether oxygens (including phenoxy) is 2. The van der Waals surface area contributed by atoms with Gasteiger partial charge in [-0.25, -0.2) is 0 Å². The molecule has 0 fully saturated rings. The third-order valence-electron chi connectivity index (χ3n) is 4.30. The zero-order valence-electron chi connectivity index (χ0n) is 16.2. The number of benzene rings is 2. The van der Waals surface area contributed by atoms with Crippen LogP contribution >= 0.6 is 23.2 Å². The molecule has 0 aromatic heterocycles. The fraction of sp³-hybridized carbons (Fsp3) is 0.238. The van der Waals surface area contributed by atoms with Gasteiger partial charge in [0.1, 0.15) is 5.70 Å². The number of halogens is 2. The van der Waals surface area contributed by atoms with Crippen molar-refractivity contribution >= 4 is 46.3 Å². The molecule has 3 rings (SSSR count). The molecule has 6 nitrogen and oxygen atoms in total. The third-order valence-corrected chi connectivity index (χ3v) is 4.85. The average Bonchev–Trinajstić information content (AvgIpc) is 2.88. The van der Waals surface area contributed by atoms with Gasteiger partial charge in [-0.2, -0.15) is 0 Å². The number of likely N-dealkylation sites (N-methyl/N-ethyl adjacent to an activating group) is 1. The van der Waals surface area contributed by atoms with Gasteiger partial charge in [-0.05, 0) is 38.1 Å². The molecule has 29 heavy (non-hydrogen) atoms. The molecule has 152 valence electrons. The largest absolute Gasteiger partial charge is 0.490 e. The summed E-state index contributed by atoms with van der Waals surface area (Å²) < 4.78 is 11.2. The number of amides is 2. The summed E-state index contributed by atoms with van der Waals surface area (Å²) in [7, 11) is 1.42. The summed E-state index contributed by atoms with van der Waals surface area (Å²) in [6, 6.07) is 9.99. The molecule has 0 atom stereocenters. The van der Waals surface area contributed by atoms with Gasteiger partial charge in [-0.3, -0.25) is 14.5 Å². The lowest BCUT2D eigenvalue weighted by Gasteiger charge is -2.14. The van der Waals surface area contributed by atoms with E-state index in [1.807, 2.05) is 13.8 Å². The van der Waals surface area contributed by atoms with Crippen LogP contribution in [0.2, 0.25) is 10.0 Å². The molecule has 8 heteroatoms. The van der Waals surface area contributed by atoms with Gasteiger partial charge in [0.25, 0.3) is 11.8 Å². The van der Waals surface area contributed by atoms with Crippen LogP contribution in [0.4, 0.5) is 5.69 Å². The molecule has 0 saturated heterocycles. The van der Waals surface area contributed by atoms with Crippen molar-refractivity contribution in [2.75, 3.05) is 25.6 Å². The summed E-state index contributed by atoms with van der Waals surface area (Å²) in [6.45, 7) is 4.70. The van der Waals surface area contributed by atoms with E-state index in [0.717, 1.165) is 4.90 Å². The molecule has 0 unspecified atom stereocenters. The van der Waals surface area contributed by atoms with E-state index >= 15 is 0 Å². The Labute approximate surface area is 179 Å². The Morgan fingerprint density at radius 1 is 0.931 bits per heavy atom. The van der Waals surface area contributed by atoms with Crippen molar-refractivity contribution in [1.29, 1.82) is 0 Å². The second-order valence-electron chi connectivity index (χ2n) is 6.20. The summed E-state index contributed by atoms with van der Waals surface area (Å²) in [5.41, 5.74) is 1.32. The fourth-order valence-corrected chi connectivity index (χ4v) is 3.48. The lowest BCUT2D eigenvalue weighted by atomic mass is 10.0. The van der Waals surface area contributed by atoms with Crippen molar-refractivity contribution in [1.82, 2.24) is 4.90 Å². The molecule has 1 aliphatic heterocycles. The van der Waals surface area contributed by atoms with Crippen molar-refractivity contribution in [3.63, 3.8) is 0 Å². The Kier molecular flexibility index (Phi) is 6.35. The molecule has 1 N–H and O–H groups in total.